The normalized spacial score (nSPS) is 16.8. The molecule has 156 valence electrons. The van der Waals surface area contributed by atoms with Gasteiger partial charge >= 0.3 is 0 Å². The number of anilines is 2. The lowest BCUT2D eigenvalue weighted by molar-refractivity contribution is -0.122. The first-order valence-corrected chi connectivity index (χ1v) is 9.51. The number of hydrogen-bond donors (Lipinski definition) is 1. The molecule has 0 spiro atoms. The summed E-state index contributed by atoms with van der Waals surface area (Å²) in [5.74, 6) is 0.993. The Balaban J connectivity index is 1.77. The van der Waals surface area contributed by atoms with Crippen LogP contribution in [0.2, 0.25) is 0 Å². The standard InChI is InChI=1S/C21H28N4O4/c1-21(2,3)17-11-18(24(4)23-17)22-20(27)13-9-19(26)25(12-13)15-10-14(28-5)7-8-16(15)29-6/h7-8,10-11,13H,9,12H2,1-6H3,(H,22,27)/t13-/m0/s1. The quantitative estimate of drug-likeness (QED) is 0.834. The monoisotopic (exact) mass is 400 g/mol. The van der Waals surface area contributed by atoms with E-state index in [0.717, 1.165) is 5.69 Å². The number of amides is 2. The van der Waals surface area contributed by atoms with Crippen molar-refractivity contribution in [2.45, 2.75) is 32.6 Å². The van der Waals surface area contributed by atoms with Crippen LogP contribution in [0.1, 0.15) is 32.9 Å². The number of nitrogens with zero attached hydrogens (tertiary/aromatic N) is 3. The maximum absolute atomic E-state index is 12.8. The van der Waals surface area contributed by atoms with Crippen LogP contribution >= 0.6 is 0 Å². The third-order valence-corrected chi connectivity index (χ3v) is 5.07. The zero-order valence-corrected chi connectivity index (χ0v) is 17.8. The van der Waals surface area contributed by atoms with Crippen molar-refractivity contribution in [3.05, 3.63) is 30.0 Å². The number of hydrogen-bond acceptors (Lipinski definition) is 5. The second-order valence-corrected chi connectivity index (χ2v) is 8.22. The summed E-state index contributed by atoms with van der Waals surface area (Å²) >= 11 is 0. The van der Waals surface area contributed by atoms with Crippen molar-refractivity contribution in [3.8, 4) is 11.5 Å². The van der Waals surface area contributed by atoms with E-state index < -0.39 is 5.92 Å². The largest absolute Gasteiger partial charge is 0.497 e. The average Bonchev–Trinajstić information content (AvgIpc) is 3.24. The van der Waals surface area contributed by atoms with Crippen molar-refractivity contribution in [2.24, 2.45) is 13.0 Å². The van der Waals surface area contributed by atoms with E-state index in [-0.39, 0.29) is 30.2 Å². The minimum atomic E-state index is -0.466. The van der Waals surface area contributed by atoms with Crippen LogP contribution in [0.4, 0.5) is 11.5 Å². The van der Waals surface area contributed by atoms with E-state index in [1.807, 2.05) is 6.07 Å². The van der Waals surface area contributed by atoms with Crippen LogP contribution in [0.15, 0.2) is 24.3 Å². The van der Waals surface area contributed by atoms with Crippen LogP contribution in [0.5, 0.6) is 11.5 Å². The summed E-state index contributed by atoms with van der Waals surface area (Å²) in [4.78, 5) is 27.1. The Hall–Kier alpha value is -3.03. The van der Waals surface area contributed by atoms with Gasteiger partial charge in [-0.25, -0.2) is 0 Å². The van der Waals surface area contributed by atoms with E-state index >= 15 is 0 Å². The van der Waals surface area contributed by atoms with Crippen molar-refractivity contribution in [3.63, 3.8) is 0 Å². The first-order chi connectivity index (χ1) is 13.6. The minimum absolute atomic E-state index is 0.121. The lowest BCUT2D eigenvalue weighted by atomic mass is 9.92. The number of benzene rings is 1. The Kier molecular flexibility index (Phi) is 5.55. The number of carbonyl (C=O) groups is 2. The molecule has 0 aliphatic carbocycles. The van der Waals surface area contributed by atoms with Gasteiger partial charge in [0.15, 0.2) is 0 Å². The van der Waals surface area contributed by atoms with Crippen LogP contribution in [-0.2, 0) is 22.1 Å². The summed E-state index contributed by atoms with van der Waals surface area (Å²) in [5.41, 5.74) is 1.37. The molecule has 0 bridgehead atoms. The molecule has 0 unspecified atom stereocenters. The van der Waals surface area contributed by atoms with Crippen molar-refractivity contribution in [1.82, 2.24) is 9.78 Å². The van der Waals surface area contributed by atoms with Crippen molar-refractivity contribution >= 4 is 23.3 Å². The third-order valence-electron chi connectivity index (χ3n) is 5.07. The zero-order valence-electron chi connectivity index (χ0n) is 17.8. The number of ether oxygens (including phenoxy) is 2. The molecule has 0 saturated carbocycles. The predicted molar refractivity (Wildman–Crippen MR) is 111 cm³/mol. The Morgan fingerprint density at radius 2 is 1.93 bits per heavy atom. The van der Waals surface area contributed by atoms with Gasteiger partial charge in [-0.1, -0.05) is 20.8 Å². The highest BCUT2D eigenvalue weighted by Gasteiger charge is 2.37. The molecule has 1 aliphatic rings. The Morgan fingerprint density at radius 3 is 2.52 bits per heavy atom. The van der Waals surface area contributed by atoms with Gasteiger partial charge in [0.1, 0.15) is 17.3 Å². The van der Waals surface area contributed by atoms with Crippen molar-refractivity contribution in [1.29, 1.82) is 0 Å². The SMILES string of the molecule is COc1ccc(OC)c(N2C[C@@H](C(=O)Nc3cc(C(C)(C)C)nn3C)CC2=O)c1. The van der Waals surface area contributed by atoms with E-state index in [1.165, 1.54) is 0 Å². The van der Waals surface area contributed by atoms with Gasteiger partial charge in [-0.3, -0.25) is 14.3 Å². The molecule has 1 aromatic carbocycles. The first kappa shape index (κ1) is 20.7. The van der Waals surface area contributed by atoms with Crippen LogP contribution in [0.25, 0.3) is 0 Å². The molecular weight excluding hydrogens is 372 g/mol. The number of aryl methyl sites for hydroxylation is 1. The molecule has 2 amide bonds. The van der Waals surface area contributed by atoms with E-state index in [0.29, 0.717) is 23.0 Å². The number of aromatic nitrogens is 2. The maximum Gasteiger partial charge on any atom is 0.230 e. The molecule has 1 aromatic heterocycles. The van der Waals surface area contributed by atoms with Gasteiger partial charge in [0.05, 0.1) is 31.5 Å². The molecule has 1 aliphatic heterocycles. The summed E-state index contributed by atoms with van der Waals surface area (Å²) in [6.45, 7) is 6.47. The van der Waals surface area contributed by atoms with Crippen LogP contribution in [-0.4, -0.2) is 42.4 Å². The van der Waals surface area contributed by atoms with E-state index in [9.17, 15) is 9.59 Å². The minimum Gasteiger partial charge on any atom is -0.497 e. The van der Waals surface area contributed by atoms with E-state index in [4.69, 9.17) is 9.47 Å². The summed E-state index contributed by atoms with van der Waals surface area (Å²) in [7, 11) is 4.90. The molecule has 1 N–H and O–H groups in total. The highest BCUT2D eigenvalue weighted by molar-refractivity contribution is 6.04. The number of carbonyl (C=O) groups excluding carboxylic acids is 2. The summed E-state index contributed by atoms with van der Waals surface area (Å²) in [6, 6.07) is 7.13. The second kappa shape index (κ2) is 7.77. The number of rotatable bonds is 5. The fourth-order valence-corrected chi connectivity index (χ4v) is 3.30. The molecule has 1 fully saturated rings. The lowest BCUT2D eigenvalue weighted by Crippen LogP contribution is -2.28. The Bertz CT molecular complexity index is 929. The third kappa shape index (κ3) is 4.21. The highest BCUT2D eigenvalue weighted by atomic mass is 16.5. The number of methoxy groups -OCH3 is 2. The first-order valence-electron chi connectivity index (χ1n) is 9.51. The molecule has 2 heterocycles. The fraction of sp³-hybridized carbons (Fsp3) is 0.476. The molecule has 29 heavy (non-hydrogen) atoms. The number of nitrogens with one attached hydrogen (secondary N) is 1. The van der Waals surface area contributed by atoms with Gasteiger partial charge in [0, 0.05) is 37.6 Å². The fourth-order valence-electron chi connectivity index (χ4n) is 3.30. The van der Waals surface area contributed by atoms with E-state index in [2.05, 4.69) is 31.2 Å². The molecule has 1 saturated heterocycles. The van der Waals surface area contributed by atoms with E-state index in [1.54, 1.807) is 49.0 Å². The molecule has 1 atom stereocenters. The van der Waals surface area contributed by atoms with Gasteiger partial charge in [-0.05, 0) is 12.1 Å². The lowest BCUT2D eigenvalue weighted by Gasteiger charge is -2.20. The summed E-state index contributed by atoms with van der Waals surface area (Å²) in [6.07, 6.45) is 0.135. The Morgan fingerprint density at radius 1 is 1.21 bits per heavy atom. The molecule has 0 radical (unpaired) electrons. The molecule has 8 heteroatoms. The van der Waals surface area contributed by atoms with Crippen LogP contribution < -0.4 is 19.7 Å². The summed E-state index contributed by atoms with van der Waals surface area (Å²) in [5, 5.41) is 7.39. The van der Waals surface area contributed by atoms with Crippen LogP contribution in [0.3, 0.4) is 0 Å². The summed E-state index contributed by atoms with van der Waals surface area (Å²) < 4.78 is 12.3. The van der Waals surface area contributed by atoms with Crippen molar-refractivity contribution in [2.75, 3.05) is 31.0 Å². The van der Waals surface area contributed by atoms with Gasteiger partial charge in [-0.2, -0.15) is 5.10 Å². The Labute approximate surface area is 170 Å². The maximum atomic E-state index is 12.8. The average molecular weight is 400 g/mol. The van der Waals surface area contributed by atoms with Gasteiger partial charge < -0.3 is 19.7 Å². The molecule has 2 aromatic rings. The molecule has 8 nitrogen and oxygen atoms in total. The molecule has 3 rings (SSSR count). The van der Waals surface area contributed by atoms with Crippen LogP contribution in [0, 0.1) is 5.92 Å². The van der Waals surface area contributed by atoms with Gasteiger partial charge in [0.2, 0.25) is 11.8 Å². The molecular formula is C21H28N4O4. The van der Waals surface area contributed by atoms with Gasteiger partial charge in [-0.15, -0.1) is 0 Å². The smallest absolute Gasteiger partial charge is 0.230 e. The zero-order chi connectivity index (χ0) is 21.3. The predicted octanol–water partition coefficient (Wildman–Crippen LogP) is 2.73. The van der Waals surface area contributed by atoms with Gasteiger partial charge in [0.25, 0.3) is 0 Å². The van der Waals surface area contributed by atoms with Crippen molar-refractivity contribution < 1.29 is 19.1 Å². The topological polar surface area (TPSA) is 85.7 Å². The second-order valence-electron chi connectivity index (χ2n) is 8.22. The highest BCUT2D eigenvalue weighted by Crippen LogP contribution is 2.36.